The maximum Gasteiger partial charge on any atom is 0.315 e. The first kappa shape index (κ1) is 17.8. The van der Waals surface area contributed by atoms with Crippen LogP contribution in [-0.4, -0.2) is 36.4 Å². The average Bonchev–Trinajstić information content (AvgIpc) is 3.12. The van der Waals surface area contributed by atoms with Crippen molar-refractivity contribution in [2.75, 3.05) is 13.2 Å². The number of furan rings is 1. The van der Waals surface area contributed by atoms with Crippen molar-refractivity contribution in [2.24, 2.45) is 0 Å². The number of rotatable bonds is 6. The van der Waals surface area contributed by atoms with Gasteiger partial charge < -0.3 is 24.9 Å². The smallest absolute Gasteiger partial charge is 0.315 e. The summed E-state index contributed by atoms with van der Waals surface area (Å²) in [6, 6.07) is 1.52. The third-order valence-electron chi connectivity index (χ3n) is 4.38. The zero-order valence-corrected chi connectivity index (χ0v) is 14.4. The van der Waals surface area contributed by atoms with Crippen molar-refractivity contribution in [3.8, 4) is 0 Å². The van der Waals surface area contributed by atoms with Crippen molar-refractivity contribution in [3.63, 3.8) is 0 Å². The van der Waals surface area contributed by atoms with Gasteiger partial charge in [-0.1, -0.05) is 6.92 Å². The highest BCUT2D eigenvalue weighted by Crippen LogP contribution is 2.26. The van der Waals surface area contributed by atoms with Gasteiger partial charge in [-0.2, -0.15) is 0 Å². The maximum atomic E-state index is 12.1. The summed E-state index contributed by atoms with van der Waals surface area (Å²) in [5.74, 6) is 1.41. The molecule has 3 unspecified atom stereocenters. The quantitative estimate of drug-likeness (QED) is 0.750. The Morgan fingerprint density at radius 3 is 2.78 bits per heavy atom. The molecule has 1 aliphatic heterocycles. The summed E-state index contributed by atoms with van der Waals surface area (Å²) >= 11 is 0. The minimum absolute atomic E-state index is 0.000329. The Kier molecular flexibility index (Phi) is 5.70. The first-order chi connectivity index (χ1) is 10.8. The highest BCUT2D eigenvalue weighted by Gasteiger charge is 2.30. The number of carbonyl (C=O) groups is 1. The molecule has 1 fully saturated rings. The molecule has 1 aliphatic rings. The number of ether oxygens (including phenoxy) is 1. The van der Waals surface area contributed by atoms with Crippen molar-refractivity contribution in [2.45, 2.75) is 64.7 Å². The van der Waals surface area contributed by atoms with Crippen LogP contribution in [0.5, 0.6) is 0 Å². The van der Waals surface area contributed by atoms with Crippen LogP contribution >= 0.6 is 0 Å². The van der Waals surface area contributed by atoms with Gasteiger partial charge in [0, 0.05) is 12.2 Å². The maximum absolute atomic E-state index is 12.1. The van der Waals surface area contributed by atoms with Gasteiger partial charge in [0.2, 0.25) is 0 Å². The van der Waals surface area contributed by atoms with Gasteiger partial charge in [0.1, 0.15) is 17.1 Å². The summed E-state index contributed by atoms with van der Waals surface area (Å²) < 4.78 is 11.1. The van der Waals surface area contributed by atoms with Crippen LogP contribution in [-0.2, 0) is 10.3 Å². The first-order valence-electron chi connectivity index (χ1n) is 8.29. The predicted molar refractivity (Wildman–Crippen MR) is 87.3 cm³/mol. The summed E-state index contributed by atoms with van der Waals surface area (Å²) in [7, 11) is 0. The fourth-order valence-corrected chi connectivity index (χ4v) is 3.11. The van der Waals surface area contributed by atoms with Gasteiger partial charge in [0.05, 0.1) is 18.7 Å². The van der Waals surface area contributed by atoms with E-state index in [4.69, 9.17) is 9.15 Å². The number of hydrogen-bond donors (Lipinski definition) is 3. The lowest BCUT2D eigenvalue weighted by molar-refractivity contribution is 0.0562. The van der Waals surface area contributed by atoms with E-state index >= 15 is 0 Å². The molecule has 3 N–H and O–H groups in total. The van der Waals surface area contributed by atoms with Gasteiger partial charge in [-0.15, -0.1) is 0 Å². The van der Waals surface area contributed by atoms with Crippen LogP contribution in [0, 0.1) is 13.8 Å². The largest absolute Gasteiger partial charge is 0.466 e. The Labute approximate surface area is 137 Å². The standard InChI is InChI=1S/C17H28N2O4/c1-5-14(15-7-6-8-22-15)19-16(20)18-10-17(4,21)13-9-11(2)23-12(13)3/h9,14-15,21H,5-8,10H2,1-4H3,(H2,18,19,20). The molecule has 130 valence electrons. The highest BCUT2D eigenvalue weighted by atomic mass is 16.5. The molecule has 6 heteroatoms. The lowest BCUT2D eigenvalue weighted by atomic mass is 9.96. The van der Waals surface area contributed by atoms with Gasteiger partial charge in [-0.25, -0.2) is 4.79 Å². The molecule has 3 atom stereocenters. The second kappa shape index (κ2) is 7.36. The lowest BCUT2D eigenvalue weighted by Gasteiger charge is -2.26. The van der Waals surface area contributed by atoms with Crippen molar-refractivity contribution in [1.82, 2.24) is 10.6 Å². The molecule has 0 spiro atoms. The second-order valence-electron chi connectivity index (χ2n) is 6.49. The Bertz CT molecular complexity index is 533. The predicted octanol–water partition coefficient (Wildman–Crippen LogP) is 2.36. The fraction of sp³-hybridized carbons (Fsp3) is 0.706. The Morgan fingerprint density at radius 1 is 1.52 bits per heavy atom. The van der Waals surface area contributed by atoms with Crippen molar-refractivity contribution < 1.29 is 19.1 Å². The van der Waals surface area contributed by atoms with E-state index in [1.54, 1.807) is 19.9 Å². The van der Waals surface area contributed by atoms with Gasteiger partial charge in [0.15, 0.2) is 0 Å². The molecule has 0 aliphatic carbocycles. The van der Waals surface area contributed by atoms with Crippen LogP contribution < -0.4 is 10.6 Å². The number of hydrogen-bond acceptors (Lipinski definition) is 4. The van der Waals surface area contributed by atoms with E-state index in [0.717, 1.165) is 31.6 Å². The molecule has 0 radical (unpaired) electrons. The van der Waals surface area contributed by atoms with Crippen LogP contribution in [0.15, 0.2) is 10.5 Å². The van der Waals surface area contributed by atoms with E-state index in [1.165, 1.54) is 0 Å². The van der Waals surface area contributed by atoms with Gasteiger partial charge in [-0.05, 0) is 46.1 Å². The number of aryl methyl sites for hydroxylation is 2. The van der Waals surface area contributed by atoms with E-state index in [-0.39, 0.29) is 24.7 Å². The molecular formula is C17H28N2O4. The van der Waals surface area contributed by atoms with Gasteiger partial charge in [0.25, 0.3) is 0 Å². The Hall–Kier alpha value is -1.53. The average molecular weight is 324 g/mol. The Morgan fingerprint density at radius 2 is 2.26 bits per heavy atom. The summed E-state index contributed by atoms with van der Waals surface area (Å²) in [6.45, 7) is 8.21. The zero-order chi connectivity index (χ0) is 17.0. The van der Waals surface area contributed by atoms with E-state index in [9.17, 15) is 9.90 Å². The van der Waals surface area contributed by atoms with E-state index in [1.807, 2.05) is 13.8 Å². The van der Waals surface area contributed by atoms with E-state index < -0.39 is 5.60 Å². The molecule has 1 aromatic heterocycles. The third-order valence-corrected chi connectivity index (χ3v) is 4.38. The summed E-state index contributed by atoms with van der Waals surface area (Å²) in [5.41, 5.74) is -0.480. The molecule has 2 heterocycles. The lowest BCUT2D eigenvalue weighted by Crippen LogP contribution is -2.50. The number of carbonyl (C=O) groups excluding carboxylic acids is 1. The topological polar surface area (TPSA) is 83.7 Å². The molecule has 0 saturated carbocycles. The van der Waals surface area contributed by atoms with Crippen LogP contribution in [0.2, 0.25) is 0 Å². The minimum Gasteiger partial charge on any atom is -0.466 e. The van der Waals surface area contributed by atoms with E-state index in [0.29, 0.717) is 11.3 Å². The summed E-state index contributed by atoms with van der Waals surface area (Å²) in [5, 5.41) is 16.3. The number of aliphatic hydroxyl groups is 1. The fourth-order valence-electron chi connectivity index (χ4n) is 3.11. The first-order valence-corrected chi connectivity index (χ1v) is 8.29. The van der Waals surface area contributed by atoms with Crippen molar-refractivity contribution in [1.29, 1.82) is 0 Å². The summed E-state index contributed by atoms with van der Waals surface area (Å²) in [4.78, 5) is 12.1. The Balaban J connectivity index is 1.88. The number of nitrogens with one attached hydrogen (secondary N) is 2. The highest BCUT2D eigenvalue weighted by molar-refractivity contribution is 5.74. The monoisotopic (exact) mass is 324 g/mol. The van der Waals surface area contributed by atoms with Crippen molar-refractivity contribution >= 4 is 6.03 Å². The molecule has 1 aromatic rings. The number of urea groups is 1. The van der Waals surface area contributed by atoms with Gasteiger partial charge in [-0.3, -0.25) is 0 Å². The van der Waals surface area contributed by atoms with Crippen LogP contribution in [0.4, 0.5) is 4.79 Å². The van der Waals surface area contributed by atoms with E-state index in [2.05, 4.69) is 10.6 Å². The molecule has 2 amide bonds. The van der Waals surface area contributed by atoms with Crippen LogP contribution in [0.3, 0.4) is 0 Å². The molecule has 0 aromatic carbocycles. The van der Waals surface area contributed by atoms with Crippen molar-refractivity contribution in [3.05, 3.63) is 23.2 Å². The normalized spacial score (nSPS) is 21.7. The van der Waals surface area contributed by atoms with Crippen LogP contribution in [0.25, 0.3) is 0 Å². The van der Waals surface area contributed by atoms with Gasteiger partial charge >= 0.3 is 6.03 Å². The molecule has 2 rings (SSSR count). The summed E-state index contributed by atoms with van der Waals surface area (Å²) in [6.07, 6.45) is 2.92. The molecular weight excluding hydrogens is 296 g/mol. The minimum atomic E-state index is -1.18. The molecule has 0 bridgehead atoms. The van der Waals surface area contributed by atoms with Crippen LogP contribution in [0.1, 0.15) is 50.2 Å². The molecule has 1 saturated heterocycles. The zero-order valence-electron chi connectivity index (χ0n) is 14.4. The number of amides is 2. The SMILES string of the molecule is CCC(NC(=O)NCC(C)(O)c1cc(C)oc1C)C1CCCO1. The third kappa shape index (κ3) is 4.48. The molecule has 6 nitrogen and oxygen atoms in total. The second-order valence-corrected chi connectivity index (χ2v) is 6.49. The molecule has 23 heavy (non-hydrogen) atoms.